The summed E-state index contributed by atoms with van der Waals surface area (Å²) in [6, 6.07) is 16.5. The number of nitrogens with zero attached hydrogens (tertiary/aromatic N) is 1. The molecular weight excluding hydrogens is 362 g/mol. The van der Waals surface area contributed by atoms with Crippen LogP contribution in [0.1, 0.15) is 74.6 Å². The summed E-state index contributed by atoms with van der Waals surface area (Å²) in [4.78, 5) is 0.698. The first-order chi connectivity index (χ1) is 13.3. The Bertz CT molecular complexity index is 860. The quantitative estimate of drug-likeness (QED) is 0.301. The number of allylic oxidation sites excluding steroid dienone is 1. The van der Waals surface area contributed by atoms with Crippen LogP contribution in [-0.4, -0.2) is 9.97 Å². The van der Waals surface area contributed by atoms with Crippen LogP contribution in [0.5, 0.6) is 5.75 Å². The maximum Gasteiger partial charge on any atom is 0.122 e. The van der Waals surface area contributed by atoms with Gasteiger partial charge in [0.2, 0.25) is 0 Å². The van der Waals surface area contributed by atoms with Gasteiger partial charge >= 0.3 is 0 Å². The predicted molar refractivity (Wildman–Crippen MR) is 122 cm³/mol. The van der Waals surface area contributed by atoms with Gasteiger partial charge in [-0.25, -0.2) is 0 Å². The molecule has 0 amide bonds. The molecule has 0 aliphatic rings. The van der Waals surface area contributed by atoms with Crippen molar-refractivity contribution >= 4 is 23.2 Å². The zero-order chi connectivity index (χ0) is 20.7. The highest BCUT2D eigenvalue weighted by molar-refractivity contribution is 7.80. The van der Waals surface area contributed by atoms with Crippen LogP contribution in [0.3, 0.4) is 0 Å². The minimum Gasteiger partial charge on any atom is -0.507 e. The highest BCUT2D eigenvalue weighted by atomic mass is 32.1. The van der Waals surface area contributed by atoms with Crippen molar-refractivity contribution < 1.29 is 5.11 Å². The van der Waals surface area contributed by atoms with Crippen LogP contribution in [0, 0.1) is 11.3 Å². The Morgan fingerprint density at radius 3 is 2.14 bits per heavy atom. The van der Waals surface area contributed by atoms with Gasteiger partial charge in [-0.15, -0.1) is 0 Å². The van der Waals surface area contributed by atoms with E-state index in [1.807, 2.05) is 36.4 Å². The summed E-state index contributed by atoms with van der Waals surface area (Å²) in [5, 5.41) is 20.2. The van der Waals surface area contributed by atoms with Crippen molar-refractivity contribution in [2.45, 2.75) is 58.8 Å². The number of phenols is 1. The molecule has 28 heavy (non-hydrogen) atoms. The van der Waals surface area contributed by atoms with Gasteiger partial charge in [-0.05, 0) is 71.6 Å². The Balaban J connectivity index is 2.21. The number of aromatic hydroxyl groups is 1. The number of rotatable bonds is 8. The molecule has 1 N–H and O–H groups in total. The van der Waals surface area contributed by atoms with E-state index in [1.165, 1.54) is 5.56 Å². The second-order valence-corrected chi connectivity index (χ2v) is 8.28. The van der Waals surface area contributed by atoms with E-state index in [1.54, 1.807) is 0 Å². The molecule has 0 radical (unpaired) electrons. The molecule has 2 aromatic rings. The summed E-state index contributed by atoms with van der Waals surface area (Å²) in [6.07, 6.45) is 4.46. The smallest absolute Gasteiger partial charge is 0.122 e. The van der Waals surface area contributed by atoms with Gasteiger partial charge in [0.15, 0.2) is 0 Å². The average Bonchev–Trinajstić information content (AvgIpc) is 2.67. The van der Waals surface area contributed by atoms with E-state index in [2.05, 4.69) is 45.9 Å². The van der Waals surface area contributed by atoms with Gasteiger partial charge in [-0.2, -0.15) is 5.26 Å². The summed E-state index contributed by atoms with van der Waals surface area (Å²) >= 11 is 5.54. The van der Waals surface area contributed by atoms with Crippen LogP contribution < -0.4 is 0 Å². The lowest BCUT2D eigenvalue weighted by Gasteiger charge is -2.16. The van der Waals surface area contributed by atoms with Crippen LogP contribution in [0.15, 0.2) is 48.0 Å². The number of phenolic OH excluding ortho intramolecular Hbond substituents is 1. The zero-order valence-corrected chi connectivity index (χ0v) is 18.0. The largest absolute Gasteiger partial charge is 0.507 e. The Morgan fingerprint density at radius 2 is 1.64 bits per heavy atom. The van der Waals surface area contributed by atoms with E-state index in [4.69, 9.17) is 12.2 Å². The Kier molecular flexibility index (Phi) is 7.96. The van der Waals surface area contributed by atoms with Gasteiger partial charge < -0.3 is 5.11 Å². The summed E-state index contributed by atoms with van der Waals surface area (Å²) in [6.45, 7) is 8.25. The van der Waals surface area contributed by atoms with Crippen LogP contribution in [0.4, 0.5) is 0 Å². The highest BCUT2D eigenvalue weighted by Crippen LogP contribution is 2.35. The van der Waals surface area contributed by atoms with E-state index >= 15 is 0 Å². The molecule has 2 nitrogen and oxygen atoms in total. The van der Waals surface area contributed by atoms with Crippen LogP contribution in [0.25, 0.3) is 6.08 Å². The summed E-state index contributed by atoms with van der Waals surface area (Å²) in [7, 11) is 0. The molecule has 2 aromatic carbocycles. The van der Waals surface area contributed by atoms with Gasteiger partial charge in [0.1, 0.15) is 11.8 Å². The first kappa shape index (κ1) is 21.9. The van der Waals surface area contributed by atoms with Crippen LogP contribution in [-0.2, 0) is 6.42 Å². The molecule has 146 valence electrons. The number of aryl methyl sites for hydroxylation is 1. The minimum atomic E-state index is 0.203. The second kappa shape index (κ2) is 10.2. The van der Waals surface area contributed by atoms with Crippen molar-refractivity contribution in [2.24, 2.45) is 0 Å². The van der Waals surface area contributed by atoms with E-state index in [0.29, 0.717) is 16.2 Å². The average molecular weight is 392 g/mol. The molecule has 0 bridgehead atoms. The van der Waals surface area contributed by atoms with Crippen molar-refractivity contribution in [3.8, 4) is 11.8 Å². The zero-order valence-electron chi connectivity index (χ0n) is 17.2. The molecule has 0 aliphatic heterocycles. The first-order valence-corrected chi connectivity index (χ1v) is 10.3. The van der Waals surface area contributed by atoms with Crippen LogP contribution >= 0.6 is 12.2 Å². The van der Waals surface area contributed by atoms with Gasteiger partial charge in [0.25, 0.3) is 0 Å². The highest BCUT2D eigenvalue weighted by Gasteiger charge is 2.15. The maximum absolute atomic E-state index is 10.6. The van der Waals surface area contributed by atoms with Gasteiger partial charge in [0, 0.05) is 4.86 Å². The Hall–Kier alpha value is -2.44. The third kappa shape index (κ3) is 5.78. The SMILES string of the molecule is CC(C)c1cc(/C=C(\C#N)C(=S)CCCc2ccccc2)cc(C(C)C)c1O. The molecule has 0 aliphatic carbocycles. The van der Waals surface area contributed by atoms with Crippen molar-refractivity contribution in [1.82, 2.24) is 0 Å². The fraction of sp³-hybridized carbons (Fsp3) is 0.360. The first-order valence-electron chi connectivity index (χ1n) is 9.89. The molecule has 0 unspecified atom stereocenters. The summed E-state index contributed by atoms with van der Waals surface area (Å²) < 4.78 is 0. The standard InChI is InChI=1S/C25H29NOS/c1-17(2)22-14-20(15-23(18(3)4)25(22)27)13-21(16-26)24(28)12-8-11-19-9-6-5-7-10-19/h5-7,9-10,13-15,17-18,27H,8,11-12H2,1-4H3/b21-13+. The molecule has 0 saturated heterocycles. The lowest BCUT2D eigenvalue weighted by atomic mass is 9.90. The number of thiocarbonyl (C=S) groups is 1. The second-order valence-electron chi connectivity index (χ2n) is 7.79. The molecule has 0 heterocycles. The molecule has 2 rings (SSSR count). The van der Waals surface area contributed by atoms with E-state index < -0.39 is 0 Å². The molecule has 0 fully saturated rings. The van der Waals surface area contributed by atoms with Gasteiger partial charge in [-0.1, -0.05) is 70.2 Å². The van der Waals surface area contributed by atoms with Gasteiger partial charge in [0.05, 0.1) is 5.57 Å². The fourth-order valence-electron chi connectivity index (χ4n) is 3.24. The normalized spacial score (nSPS) is 11.7. The van der Waals surface area contributed by atoms with Crippen molar-refractivity contribution in [3.63, 3.8) is 0 Å². The topological polar surface area (TPSA) is 44.0 Å². The number of benzene rings is 2. The van der Waals surface area contributed by atoms with E-state index in [0.717, 1.165) is 36.0 Å². The monoisotopic (exact) mass is 391 g/mol. The number of hydrogen-bond acceptors (Lipinski definition) is 3. The van der Waals surface area contributed by atoms with E-state index in [9.17, 15) is 10.4 Å². The lowest BCUT2D eigenvalue weighted by Crippen LogP contribution is -2.01. The molecule has 0 saturated carbocycles. The molecular formula is C25H29NOS. The molecule has 0 atom stereocenters. The predicted octanol–water partition coefficient (Wildman–Crippen LogP) is 6.94. The van der Waals surface area contributed by atoms with Crippen molar-refractivity contribution in [1.29, 1.82) is 5.26 Å². The summed E-state index contributed by atoms with van der Waals surface area (Å²) in [5.41, 5.74) is 4.56. The molecule has 3 heteroatoms. The number of hydrogen-bond donors (Lipinski definition) is 1. The summed E-state index contributed by atoms with van der Waals surface area (Å²) in [5.74, 6) is 0.773. The number of nitriles is 1. The van der Waals surface area contributed by atoms with Crippen molar-refractivity contribution in [2.75, 3.05) is 0 Å². The Morgan fingerprint density at radius 1 is 1.07 bits per heavy atom. The lowest BCUT2D eigenvalue weighted by molar-refractivity contribution is 0.454. The van der Waals surface area contributed by atoms with Crippen LogP contribution in [0.2, 0.25) is 0 Å². The molecule has 0 spiro atoms. The minimum absolute atomic E-state index is 0.203. The third-order valence-electron chi connectivity index (χ3n) is 4.88. The maximum atomic E-state index is 10.6. The third-order valence-corrected chi connectivity index (χ3v) is 5.30. The molecule has 0 aromatic heterocycles. The fourth-order valence-corrected chi connectivity index (χ4v) is 3.49. The Labute approximate surface area is 174 Å². The van der Waals surface area contributed by atoms with E-state index in [-0.39, 0.29) is 11.8 Å². The van der Waals surface area contributed by atoms with Gasteiger partial charge in [-0.3, -0.25) is 0 Å². The van der Waals surface area contributed by atoms with Crippen molar-refractivity contribution in [3.05, 3.63) is 70.3 Å².